The minimum Gasteiger partial charge on any atom is -1.00 e. The first-order valence-corrected chi connectivity index (χ1v) is 17.8. The molecule has 0 spiro atoms. The van der Waals surface area contributed by atoms with Crippen molar-refractivity contribution in [1.82, 2.24) is 9.13 Å². The molecular formula is C26H48Cl2HfN2Si2. The summed E-state index contributed by atoms with van der Waals surface area (Å²) in [5.74, 6) is 0. The number of nitrogens with zero attached hydrogens (tertiary/aromatic N) is 2. The molecule has 2 rings (SSSR count). The maximum absolute atomic E-state index is 3.51. The Kier molecular flexibility index (Phi) is 19.1. The molecule has 0 aliphatic heterocycles. The minimum absolute atomic E-state index is 0. The van der Waals surface area contributed by atoms with Gasteiger partial charge < -0.3 is 33.9 Å². The molecule has 0 unspecified atom stereocenters. The fourth-order valence-corrected chi connectivity index (χ4v) is 13.5. The molecule has 7 heteroatoms. The van der Waals surface area contributed by atoms with Crippen LogP contribution in [0.25, 0.3) is 0 Å². The van der Waals surface area contributed by atoms with Crippen molar-refractivity contribution in [2.75, 3.05) is 0 Å². The zero-order valence-electron chi connectivity index (χ0n) is 23.2. The molecule has 0 saturated carbocycles. The second-order valence-electron chi connectivity index (χ2n) is 10.7. The van der Waals surface area contributed by atoms with Crippen LogP contribution in [0.2, 0.25) is 26.2 Å². The summed E-state index contributed by atoms with van der Waals surface area (Å²) in [6, 6.07) is 2.48. The molecule has 0 radical (unpaired) electrons. The topological polar surface area (TPSA) is 6.48 Å². The zero-order chi connectivity index (χ0) is 23.3. The smallest absolute Gasteiger partial charge is 1.00 e. The summed E-state index contributed by atoms with van der Waals surface area (Å²) < 4.78 is 5.37. The van der Waals surface area contributed by atoms with E-state index in [1.165, 1.54) is 10.4 Å². The van der Waals surface area contributed by atoms with Crippen LogP contribution < -0.4 is 24.8 Å². The molecule has 0 aromatic carbocycles. The van der Waals surface area contributed by atoms with Crippen LogP contribution in [-0.2, 0) is 25.8 Å². The number of halogens is 2. The maximum Gasteiger partial charge on any atom is 4.00 e. The zero-order valence-corrected chi connectivity index (χ0v) is 30.3. The van der Waals surface area contributed by atoms with Crippen LogP contribution in [0.3, 0.4) is 0 Å². The predicted octanol–water partition coefficient (Wildman–Crippen LogP) is 1.08. The maximum atomic E-state index is 3.51. The monoisotopic (exact) mass is 694 g/mol. The molecule has 0 bridgehead atoms. The summed E-state index contributed by atoms with van der Waals surface area (Å²) in [6.07, 6.45) is 18.1. The molecule has 0 aromatic heterocycles. The molecule has 0 aromatic rings. The van der Waals surface area contributed by atoms with E-state index in [2.05, 4.69) is 127 Å². The normalized spacial score (nSPS) is 15.5. The first-order valence-electron chi connectivity index (χ1n) is 11.9. The van der Waals surface area contributed by atoms with Crippen LogP contribution in [0.4, 0.5) is 0 Å². The molecule has 0 heterocycles. The number of hydrogen-bond acceptors (Lipinski definition) is 2. The fourth-order valence-electron chi connectivity index (χ4n) is 5.70. The Morgan fingerprint density at radius 1 is 0.606 bits per heavy atom. The first-order chi connectivity index (χ1) is 13.7. The number of rotatable bonds is 8. The molecule has 0 saturated heterocycles. The standard InChI is InChI=1S/2C13H24NSi.2ClH.Hf/c2*1-11(2)14(12(3)4)15(5,6)13-9-7-8-10-13;;;/h2*7,9,11-12H,8H2,1-6H3;2*1H;/q2*-1;;;+4/p-2. The Morgan fingerprint density at radius 2 is 0.848 bits per heavy atom. The van der Waals surface area contributed by atoms with Gasteiger partial charge in [-0.3, -0.25) is 12.2 Å². The predicted molar refractivity (Wildman–Crippen MR) is 140 cm³/mol. The van der Waals surface area contributed by atoms with Crippen LogP contribution in [0.5, 0.6) is 0 Å². The van der Waals surface area contributed by atoms with Crippen molar-refractivity contribution in [2.24, 2.45) is 0 Å². The van der Waals surface area contributed by atoms with Gasteiger partial charge in [0.05, 0.1) is 0 Å². The first kappa shape index (κ1) is 38.3. The van der Waals surface area contributed by atoms with Crippen molar-refractivity contribution < 1.29 is 50.7 Å². The van der Waals surface area contributed by atoms with Gasteiger partial charge in [-0.2, -0.15) is 12.2 Å². The second kappa shape index (κ2) is 16.5. The molecule has 2 aliphatic rings. The molecule has 0 N–H and O–H groups in total. The molecule has 2 nitrogen and oxygen atoms in total. The van der Waals surface area contributed by atoms with Crippen LogP contribution in [0.1, 0.15) is 68.2 Å². The third kappa shape index (κ3) is 10.3. The quantitative estimate of drug-likeness (QED) is 0.278. The van der Waals surface area contributed by atoms with Gasteiger partial charge in [-0.05, 0) is 24.2 Å². The van der Waals surface area contributed by atoms with Crippen molar-refractivity contribution >= 4 is 16.5 Å². The Hall–Kier alpha value is 0.764. The van der Waals surface area contributed by atoms with Crippen molar-refractivity contribution in [3.05, 3.63) is 46.8 Å². The van der Waals surface area contributed by atoms with Gasteiger partial charge in [0.15, 0.2) is 0 Å². The number of hydrogen-bond donors (Lipinski definition) is 0. The molecule has 188 valence electrons. The van der Waals surface area contributed by atoms with Crippen LogP contribution in [0, 0.1) is 12.2 Å². The Labute approximate surface area is 240 Å². The SMILES string of the molecule is CC(C)N(C(C)C)[Si](C)(C)C1=[C-]CC=C1.CC(C)N(C(C)C)[Si](C)(C)C1=[C-]CC=C1.[Cl-].[Cl-].[Hf+4]. The van der Waals surface area contributed by atoms with Gasteiger partial charge in [-0.25, -0.2) is 22.5 Å². The van der Waals surface area contributed by atoms with Gasteiger partial charge in [-0.1, -0.05) is 81.6 Å². The molecular weight excluding hydrogens is 646 g/mol. The van der Waals surface area contributed by atoms with Crippen LogP contribution in [0.15, 0.2) is 34.7 Å². The van der Waals surface area contributed by atoms with E-state index in [4.69, 9.17) is 0 Å². The van der Waals surface area contributed by atoms with Gasteiger partial charge in [0, 0.05) is 0 Å². The van der Waals surface area contributed by atoms with Gasteiger partial charge in [0.25, 0.3) is 0 Å². The van der Waals surface area contributed by atoms with E-state index in [1.54, 1.807) is 0 Å². The van der Waals surface area contributed by atoms with E-state index in [1.807, 2.05) is 0 Å². The molecule has 0 amide bonds. The largest absolute Gasteiger partial charge is 4.00 e. The Morgan fingerprint density at radius 3 is 1.00 bits per heavy atom. The molecule has 33 heavy (non-hydrogen) atoms. The van der Waals surface area contributed by atoms with E-state index >= 15 is 0 Å². The Bertz CT molecular complexity index is 608. The van der Waals surface area contributed by atoms with Crippen LogP contribution in [-0.4, -0.2) is 49.8 Å². The van der Waals surface area contributed by atoms with E-state index in [0.29, 0.717) is 24.2 Å². The van der Waals surface area contributed by atoms with E-state index < -0.39 is 16.5 Å². The number of allylic oxidation sites excluding steroid dienone is 8. The van der Waals surface area contributed by atoms with Gasteiger partial charge in [0.1, 0.15) is 16.5 Å². The van der Waals surface area contributed by atoms with Crippen molar-refractivity contribution in [1.29, 1.82) is 0 Å². The average molecular weight is 694 g/mol. The summed E-state index contributed by atoms with van der Waals surface area (Å²) in [4.78, 5) is 0. The summed E-state index contributed by atoms with van der Waals surface area (Å²) in [6.45, 7) is 28.1. The summed E-state index contributed by atoms with van der Waals surface area (Å²) in [5.41, 5.74) is 0. The summed E-state index contributed by atoms with van der Waals surface area (Å²) in [7, 11) is -2.95. The molecule has 0 fully saturated rings. The van der Waals surface area contributed by atoms with Gasteiger partial charge in [0.2, 0.25) is 0 Å². The summed E-state index contributed by atoms with van der Waals surface area (Å²) in [5, 5.41) is 2.95. The summed E-state index contributed by atoms with van der Waals surface area (Å²) >= 11 is 0. The fraction of sp³-hybridized carbons (Fsp3) is 0.692. The van der Waals surface area contributed by atoms with Crippen molar-refractivity contribution in [3.63, 3.8) is 0 Å². The van der Waals surface area contributed by atoms with E-state index in [9.17, 15) is 0 Å². The molecule has 2 aliphatic carbocycles. The van der Waals surface area contributed by atoms with Crippen LogP contribution >= 0.6 is 0 Å². The second-order valence-corrected chi connectivity index (χ2v) is 19.0. The third-order valence-electron chi connectivity index (χ3n) is 6.22. The molecule has 0 atom stereocenters. The Balaban J connectivity index is -0.000000500. The minimum atomic E-state index is -1.47. The van der Waals surface area contributed by atoms with Crippen molar-refractivity contribution in [3.8, 4) is 0 Å². The van der Waals surface area contributed by atoms with E-state index in [0.717, 1.165) is 12.8 Å². The van der Waals surface area contributed by atoms with E-state index in [-0.39, 0.29) is 50.7 Å². The average Bonchev–Trinajstić information content (AvgIpc) is 3.28. The van der Waals surface area contributed by atoms with Crippen molar-refractivity contribution in [2.45, 2.75) is 119 Å². The third-order valence-corrected chi connectivity index (χ3v) is 14.2. The van der Waals surface area contributed by atoms with Gasteiger partial charge in [-0.15, -0.1) is 12.8 Å². The van der Waals surface area contributed by atoms with Gasteiger partial charge >= 0.3 is 25.8 Å².